The maximum absolute atomic E-state index is 5.07. The Morgan fingerprint density at radius 3 is 1.68 bits per heavy atom. The van der Waals surface area contributed by atoms with Crippen LogP contribution in [0.2, 0.25) is 0 Å². The van der Waals surface area contributed by atoms with Crippen molar-refractivity contribution in [1.29, 1.82) is 0 Å². The van der Waals surface area contributed by atoms with Crippen LogP contribution < -0.4 is 4.90 Å². The maximum atomic E-state index is 5.07. The van der Waals surface area contributed by atoms with Crippen molar-refractivity contribution in [3.05, 3.63) is 152 Å². The summed E-state index contributed by atoms with van der Waals surface area (Å²) in [6.45, 7) is 0. The predicted octanol–water partition coefficient (Wildman–Crippen LogP) is 10.3. The fourth-order valence-corrected chi connectivity index (χ4v) is 6.73. The van der Waals surface area contributed by atoms with Gasteiger partial charge in [0.25, 0.3) is 0 Å². The van der Waals surface area contributed by atoms with E-state index >= 15 is 0 Å². The highest BCUT2D eigenvalue weighted by atomic mass is 32.2. The quantitative estimate of drug-likeness (QED) is 0.220. The van der Waals surface area contributed by atoms with Crippen LogP contribution in [0.5, 0.6) is 0 Å². The van der Waals surface area contributed by atoms with Crippen LogP contribution in [0.1, 0.15) is 0 Å². The van der Waals surface area contributed by atoms with E-state index in [9.17, 15) is 0 Å². The van der Waals surface area contributed by atoms with Crippen molar-refractivity contribution in [3.63, 3.8) is 0 Å². The number of hydrogen-bond donors (Lipinski definition) is 0. The van der Waals surface area contributed by atoms with Gasteiger partial charge >= 0.3 is 0 Å². The molecular weight excluding hydrogens is 518 g/mol. The highest BCUT2D eigenvalue weighted by Gasteiger charge is 2.24. The summed E-state index contributed by atoms with van der Waals surface area (Å²) in [6.07, 6.45) is 2.22. The molecule has 3 heterocycles. The van der Waals surface area contributed by atoms with Gasteiger partial charge in [0, 0.05) is 32.8 Å². The molecule has 0 unspecified atom stereocenters. The molecule has 0 radical (unpaired) electrons. The molecule has 0 atom stereocenters. The van der Waals surface area contributed by atoms with Gasteiger partial charge in [0.2, 0.25) is 0 Å². The molecule has 3 nitrogen and oxygen atoms in total. The van der Waals surface area contributed by atoms with Gasteiger partial charge in [-0.1, -0.05) is 109 Å². The van der Waals surface area contributed by atoms with Gasteiger partial charge in [-0.25, -0.2) is 4.98 Å². The highest BCUT2D eigenvalue weighted by Crippen LogP contribution is 2.51. The second kappa shape index (κ2) is 9.84. The lowest BCUT2D eigenvalue weighted by atomic mass is 10.0. The number of hydrogen-bond acceptors (Lipinski definition) is 3. The summed E-state index contributed by atoms with van der Waals surface area (Å²) >= 11 is 1.83. The molecule has 41 heavy (non-hydrogen) atoms. The fraction of sp³-hybridized carbons (Fsp3) is 0. The summed E-state index contributed by atoms with van der Waals surface area (Å²) < 4.78 is 2.23. The Bertz CT molecular complexity index is 1970. The van der Waals surface area contributed by atoms with Crippen molar-refractivity contribution in [3.8, 4) is 33.6 Å². The molecule has 7 aromatic rings. The molecule has 8 rings (SSSR count). The van der Waals surface area contributed by atoms with Crippen LogP contribution in [-0.4, -0.2) is 9.38 Å². The van der Waals surface area contributed by atoms with Crippen LogP contribution >= 0.6 is 11.8 Å². The van der Waals surface area contributed by atoms with E-state index in [1.54, 1.807) is 0 Å². The second-order valence-electron chi connectivity index (χ2n) is 10.1. The second-order valence-corrected chi connectivity index (χ2v) is 11.2. The molecule has 5 aromatic carbocycles. The van der Waals surface area contributed by atoms with Crippen molar-refractivity contribution in [2.75, 3.05) is 4.90 Å². The summed E-state index contributed by atoms with van der Waals surface area (Å²) in [7, 11) is 0. The maximum Gasteiger partial charge on any atom is 0.137 e. The first-order valence-electron chi connectivity index (χ1n) is 13.7. The van der Waals surface area contributed by atoms with Gasteiger partial charge in [-0.05, 0) is 59.7 Å². The standard InChI is InChI=1S/C37H25N3S/c1-3-11-27(12-4-1)36-37(28-13-5-2-6-14-28)39-25-29(21-24-35(39)38-36)26-19-22-30(23-20-26)40-31-15-7-9-17-33(31)41-34-18-10-8-16-32(34)40/h1-25H. The molecule has 2 aromatic heterocycles. The van der Waals surface area contributed by atoms with Crippen LogP contribution in [0.3, 0.4) is 0 Å². The molecule has 0 aliphatic carbocycles. The number of nitrogens with zero attached hydrogens (tertiary/aromatic N) is 3. The van der Waals surface area contributed by atoms with E-state index in [1.165, 1.54) is 21.2 Å². The van der Waals surface area contributed by atoms with E-state index in [2.05, 4.69) is 155 Å². The monoisotopic (exact) mass is 543 g/mol. The summed E-state index contributed by atoms with van der Waals surface area (Å²) in [6, 6.07) is 51.4. The SMILES string of the molecule is c1ccc(-c2nc3ccc(-c4ccc(N5c6ccccc6Sc6ccccc65)cc4)cn3c2-c2ccccc2)cc1. The minimum absolute atomic E-state index is 0.933. The van der Waals surface area contributed by atoms with E-state index in [0.717, 1.165) is 45.0 Å². The van der Waals surface area contributed by atoms with E-state index in [4.69, 9.17) is 4.98 Å². The molecule has 194 valence electrons. The van der Waals surface area contributed by atoms with Gasteiger partial charge in [0.15, 0.2) is 0 Å². The Balaban J connectivity index is 1.23. The van der Waals surface area contributed by atoms with Crippen LogP contribution in [-0.2, 0) is 0 Å². The summed E-state index contributed by atoms with van der Waals surface area (Å²) in [5.74, 6) is 0. The van der Waals surface area contributed by atoms with E-state index in [0.29, 0.717) is 0 Å². The Labute approximate surface area is 243 Å². The molecule has 0 spiro atoms. The third-order valence-electron chi connectivity index (χ3n) is 7.60. The van der Waals surface area contributed by atoms with Crippen LogP contribution in [0.4, 0.5) is 17.1 Å². The van der Waals surface area contributed by atoms with Crippen LogP contribution in [0, 0.1) is 0 Å². The van der Waals surface area contributed by atoms with Gasteiger partial charge in [-0.15, -0.1) is 0 Å². The van der Waals surface area contributed by atoms with Crippen molar-refractivity contribution < 1.29 is 0 Å². The molecular formula is C37H25N3S. The highest BCUT2D eigenvalue weighted by molar-refractivity contribution is 7.99. The molecule has 0 saturated heterocycles. The number of rotatable bonds is 4. The fourth-order valence-electron chi connectivity index (χ4n) is 5.67. The molecule has 0 N–H and O–H groups in total. The topological polar surface area (TPSA) is 20.5 Å². The van der Waals surface area contributed by atoms with E-state index in [1.807, 2.05) is 17.8 Å². The van der Waals surface area contributed by atoms with Gasteiger partial charge in [0.05, 0.1) is 22.8 Å². The number of para-hydroxylation sites is 2. The zero-order valence-electron chi connectivity index (χ0n) is 22.2. The Kier molecular flexibility index (Phi) is 5.71. The number of imidazole rings is 1. The smallest absolute Gasteiger partial charge is 0.137 e. The molecule has 1 aliphatic rings. The molecule has 0 bridgehead atoms. The molecule has 0 fully saturated rings. The summed E-state index contributed by atoms with van der Waals surface area (Å²) in [5.41, 5.74) is 11.2. The average Bonchev–Trinajstić information content (AvgIpc) is 3.43. The van der Waals surface area contributed by atoms with Crippen LogP contribution in [0.25, 0.3) is 39.3 Å². The summed E-state index contributed by atoms with van der Waals surface area (Å²) in [5, 5.41) is 0. The zero-order chi connectivity index (χ0) is 27.2. The number of fused-ring (bicyclic) bond motifs is 3. The average molecular weight is 544 g/mol. The lowest BCUT2D eigenvalue weighted by molar-refractivity contribution is 1.16. The van der Waals surface area contributed by atoms with Gasteiger partial charge < -0.3 is 4.90 Å². The molecule has 4 heteroatoms. The number of pyridine rings is 1. The number of aromatic nitrogens is 2. The molecule has 1 aliphatic heterocycles. The first kappa shape index (κ1) is 23.8. The number of benzene rings is 5. The van der Waals surface area contributed by atoms with Crippen molar-refractivity contribution in [2.45, 2.75) is 9.79 Å². The minimum atomic E-state index is 0.933. The van der Waals surface area contributed by atoms with Gasteiger partial charge in [-0.2, -0.15) is 0 Å². The zero-order valence-corrected chi connectivity index (χ0v) is 23.0. The van der Waals surface area contributed by atoms with Crippen molar-refractivity contribution >= 4 is 34.5 Å². The summed E-state index contributed by atoms with van der Waals surface area (Å²) in [4.78, 5) is 9.97. The third-order valence-corrected chi connectivity index (χ3v) is 8.73. The third kappa shape index (κ3) is 4.12. The number of anilines is 3. The molecule has 0 amide bonds. The largest absolute Gasteiger partial charge is 0.308 e. The molecule has 0 saturated carbocycles. The first-order valence-corrected chi connectivity index (χ1v) is 14.5. The lowest BCUT2D eigenvalue weighted by Crippen LogP contribution is -2.14. The van der Waals surface area contributed by atoms with E-state index < -0.39 is 0 Å². The van der Waals surface area contributed by atoms with E-state index in [-0.39, 0.29) is 0 Å². The minimum Gasteiger partial charge on any atom is -0.308 e. The van der Waals surface area contributed by atoms with Crippen LogP contribution in [0.15, 0.2) is 162 Å². The Morgan fingerprint density at radius 2 is 1.02 bits per heavy atom. The van der Waals surface area contributed by atoms with Crippen molar-refractivity contribution in [1.82, 2.24) is 9.38 Å². The van der Waals surface area contributed by atoms with Gasteiger partial charge in [-0.3, -0.25) is 4.40 Å². The predicted molar refractivity (Wildman–Crippen MR) is 170 cm³/mol. The first-order chi connectivity index (χ1) is 20.3. The lowest BCUT2D eigenvalue weighted by Gasteiger charge is -2.32. The normalized spacial score (nSPS) is 12.2. The van der Waals surface area contributed by atoms with Crippen molar-refractivity contribution in [2.24, 2.45) is 0 Å². The Hall–Kier alpha value is -5.06. The Morgan fingerprint density at radius 1 is 0.463 bits per heavy atom. The van der Waals surface area contributed by atoms with Gasteiger partial charge in [0.1, 0.15) is 5.65 Å².